The van der Waals surface area contributed by atoms with E-state index in [1.54, 1.807) is 6.92 Å². The summed E-state index contributed by atoms with van der Waals surface area (Å²) in [6.07, 6.45) is 1.22. The van der Waals surface area contributed by atoms with E-state index in [-0.39, 0.29) is 39.6 Å². The fourth-order valence-electron chi connectivity index (χ4n) is 2.69. The van der Waals surface area contributed by atoms with Gasteiger partial charge in [-0.15, -0.1) is 0 Å². The molecule has 0 heterocycles. The van der Waals surface area contributed by atoms with Crippen molar-refractivity contribution in [1.82, 2.24) is 5.43 Å². The smallest absolute Gasteiger partial charge is 0.259 e. The lowest BCUT2D eigenvalue weighted by Gasteiger charge is -2.11. The lowest BCUT2D eigenvalue weighted by molar-refractivity contribution is -0.119. The minimum atomic E-state index is -0.364. The van der Waals surface area contributed by atoms with Crippen molar-refractivity contribution in [1.29, 1.82) is 0 Å². The third kappa shape index (κ3) is 5.10. The van der Waals surface area contributed by atoms with Crippen molar-refractivity contribution in [3.63, 3.8) is 0 Å². The molecule has 0 fully saturated rings. The van der Waals surface area contributed by atoms with Crippen molar-refractivity contribution in [3.8, 4) is 11.5 Å². The summed E-state index contributed by atoms with van der Waals surface area (Å²) in [5.41, 5.74) is 3.36. The summed E-state index contributed by atoms with van der Waals surface area (Å²) < 4.78 is 5.31. The van der Waals surface area contributed by atoms with Crippen LogP contribution in [0, 0.1) is 0 Å². The second kappa shape index (κ2) is 9.49. The van der Waals surface area contributed by atoms with Crippen LogP contribution in [0.5, 0.6) is 11.5 Å². The van der Waals surface area contributed by atoms with Gasteiger partial charge in [0.1, 0.15) is 0 Å². The van der Waals surface area contributed by atoms with E-state index in [1.165, 1.54) is 12.3 Å². The average Bonchev–Trinajstić information content (AvgIpc) is 2.73. The molecule has 0 aliphatic rings. The normalized spacial score (nSPS) is 11.0. The molecule has 0 saturated heterocycles. The van der Waals surface area contributed by atoms with Crippen LogP contribution in [0.2, 0.25) is 10.0 Å². The molecule has 0 aliphatic carbocycles. The van der Waals surface area contributed by atoms with E-state index < -0.39 is 0 Å². The number of phenolic OH excluding ortho intramolecular Hbond substituents is 1. The lowest BCUT2D eigenvalue weighted by atomic mass is 10.1. The van der Waals surface area contributed by atoms with Crippen LogP contribution in [0.15, 0.2) is 53.6 Å². The Morgan fingerprint density at radius 1 is 1.17 bits per heavy atom. The van der Waals surface area contributed by atoms with Gasteiger partial charge < -0.3 is 15.2 Å². The largest absolute Gasteiger partial charge is 0.504 e. The number of benzene rings is 3. The molecule has 6 nitrogen and oxygen atoms in total. The topological polar surface area (TPSA) is 83.0 Å². The summed E-state index contributed by atoms with van der Waals surface area (Å²) in [7, 11) is 0. The van der Waals surface area contributed by atoms with Gasteiger partial charge in [-0.25, -0.2) is 5.43 Å². The molecule has 0 radical (unpaired) electrons. The third-order valence-electron chi connectivity index (χ3n) is 4.08. The minimum absolute atomic E-state index is 0.0230. The monoisotopic (exact) mass is 431 g/mol. The van der Waals surface area contributed by atoms with Crippen LogP contribution in [0.3, 0.4) is 0 Å². The summed E-state index contributed by atoms with van der Waals surface area (Å²) in [6.45, 7) is 2.15. The van der Waals surface area contributed by atoms with Gasteiger partial charge in [-0.05, 0) is 29.8 Å². The van der Waals surface area contributed by atoms with E-state index in [0.717, 1.165) is 16.5 Å². The summed E-state index contributed by atoms with van der Waals surface area (Å²) in [5, 5.41) is 19.6. The van der Waals surface area contributed by atoms with E-state index >= 15 is 0 Å². The van der Waals surface area contributed by atoms with Gasteiger partial charge in [0.05, 0.1) is 35.0 Å². The number of rotatable bonds is 7. The molecule has 3 aromatic rings. The van der Waals surface area contributed by atoms with Crippen molar-refractivity contribution >= 4 is 51.8 Å². The maximum atomic E-state index is 12.0. The highest BCUT2D eigenvalue weighted by Gasteiger charge is 2.15. The van der Waals surface area contributed by atoms with E-state index in [9.17, 15) is 9.90 Å². The molecule has 29 heavy (non-hydrogen) atoms. The number of amides is 1. The number of nitrogens with zero attached hydrogens (tertiary/aromatic N) is 1. The highest BCUT2D eigenvalue weighted by Crippen LogP contribution is 2.39. The number of halogens is 2. The van der Waals surface area contributed by atoms with E-state index in [1.807, 2.05) is 42.5 Å². The molecule has 8 heteroatoms. The van der Waals surface area contributed by atoms with Gasteiger partial charge in [0.25, 0.3) is 5.91 Å². The molecule has 0 saturated carbocycles. The average molecular weight is 432 g/mol. The van der Waals surface area contributed by atoms with Crippen molar-refractivity contribution in [3.05, 3.63) is 64.1 Å². The van der Waals surface area contributed by atoms with Crippen molar-refractivity contribution < 1.29 is 14.6 Å². The quantitative estimate of drug-likeness (QED) is 0.370. The fraction of sp³-hybridized carbons (Fsp3) is 0.143. The maximum Gasteiger partial charge on any atom is 0.259 e. The number of aromatic hydroxyl groups is 1. The SMILES string of the molecule is CCOc1cc(Cl)c(Cl)c(/C=N/NC(=O)CNc2ccc3ccccc3c2)c1O. The Hall–Kier alpha value is -2.96. The Labute approximate surface area is 178 Å². The predicted octanol–water partition coefficient (Wildman–Crippen LogP) is 4.81. The van der Waals surface area contributed by atoms with Crippen LogP contribution < -0.4 is 15.5 Å². The van der Waals surface area contributed by atoms with Gasteiger partial charge in [-0.1, -0.05) is 53.5 Å². The number of phenols is 1. The number of carbonyl (C=O) groups is 1. The van der Waals surface area contributed by atoms with Crippen molar-refractivity contribution in [2.75, 3.05) is 18.5 Å². The number of hydrogen-bond acceptors (Lipinski definition) is 5. The number of nitrogens with one attached hydrogen (secondary N) is 2. The zero-order valence-corrected chi connectivity index (χ0v) is 17.1. The molecular formula is C21H19Cl2N3O3. The number of carbonyl (C=O) groups excluding carboxylic acids is 1. The van der Waals surface area contributed by atoms with E-state index in [2.05, 4.69) is 15.8 Å². The maximum absolute atomic E-state index is 12.0. The molecule has 1 amide bonds. The molecule has 0 bridgehead atoms. The summed E-state index contributed by atoms with van der Waals surface area (Å²) in [4.78, 5) is 12.0. The molecule has 0 aliphatic heterocycles. The molecule has 3 rings (SSSR count). The second-order valence-electron chi connectivity index (χ2n) is 6.07. The Morgan fingerprint density at radius 2 is 1.93 bits per heavy atom. The van der Waals surface area contributed by atoms with Crippen LogP contribution >= 0.6 is 23.2 Å². The Kier molecular flexibility index (Phi) is 6.80. The first kappa shape index (κ1) is 20.8. The molecule has 0 atom stereocenters. The van der Waals surface area contributed by atoms with Crippen molar-refractivity contribution in [2.24, 2.45) is 5.10 Å². The molecule has 0 aromatic heterocycles. The van der Waals surface area contributed by atoms with Gasteiger partial charge in [0, 0.05) is 11.8 Å². The zero-order valence-electron chi connectivity index (χ0n) is 15.6. The molecule has 150 valence electrons. The second-order valence-corrected chi connectivity index (χ2v) is 6.86. The number of anilines is 1. The number of hydrogen-bond donors (Lipinski definition) is 3. The van der Waals surface area contributed by atoms with Gasteiger partial charge in [0.15, 0.2) is 11.5 Å². The first-order valence-corrected chi connectivity index (χ1v) is 9.63. The van der Waals surface area contributed by atoms with Gasteiger partial charge in [0.2, 0.25) is 0 Å². The van der Waals surface area contributed by atoms with Crippen LogP contribution in [0.4, 0.5) is 5.69 Å². The summed E-state index contributed by atoms with van der Waals surface area (Å²) >= 11 is 12.2. The first-order valence-electron chi connectivity index (χ1n) is 8.88. The number of ether oxygens (including phenoxy) is 1. The minimum Gasteiger partial charge on any atom is -0.504 e. The highest BCUT2D eigenvalue weighted by molar-refractivity contribution is 6.43. The molecule has 0 spiro atoms. The Morgan fingerprint density at radius 3 is 2.69 bits per heavy atom. The van der Waals surface area contributed by atoms with Crippen LogP contribution in [-0.4, -0.2) is 30.4 Å². The molecule has 0 unspecified atom stereocenters. The van der Waals surface area contributed by atoms with Gasteiger partial charge >= 0.3 is 0 Å². The number of fused-ring (bicyclic) bond motifs is 1. The molecule has 3 N–H and O–H groups in total. The fourth-order valence-corrected chi connectivity index (χ4v) is 3.08. The first-order chi connectivity index (χ1) is 14.0. The van der Waals surface area contributed by atoms with Gasteiger partial charge in [-0.2, -0.15) is 5.10 Å². The molecular weight excluding hydrogens is 413 g/mol. The highest BCUT2D eigenvalue weighted by atomic mass is 35.5. The lowest BCUT2D eigenvalue weighted by Crippen LogP contribution is -2.25. The Bertz CT molecular complexity index is 1070. The number of hydrazone groups is 1. The Balaban J connectivity index is 1.62. The van der Waals surface area contributed by atoms with Crippen molar-refractivity contribution in [2.45, 2.75) is 6.92 Å². The predicted molar refractivity (Wildman–Crippen MR) is 117 cm³/mol. The zero-order chi connectivity index (χ0) is 20.8. The summed E-state index contributed by atoms with van der Waals surface area (Å²) in [6, 6.07) is 15.2. The summed E-state index contributed by atoms with van der Waals surface area (Å²) in [5.74, 6) is -0.377. The van der Waals surface area contributed by atoms with Crippen LogP contribution in [0.1, 0.15) is 12.5 Å². The van der Waals surface area contributed by atoms with E-state index in [0.29, 0.717) is 6.61 Å². The van der Waals surface area contributed by atoms with E-state index in [4.69, 9.17) is 27.9 Å². The third-order valence-corrected chi connectivity index (χ3v) is 4.88. The standard InChI is InChI=1S/C21H19Cl2N3O3/c1-2-29-18-10-17(22)20(23)16(21(18)28)11-25-26-19(27)12-24-15-8-7-13-5-3-4-6-14(13)9-15/h3-11,24,28H,2,12H2,1H3,(H,26,27)/b25-11+. The molecule has 3 aromatic carbocycles. The van der Waals surface area contributed by atoms with Crippen LogP contribution in [-0.2, 0) is 4.79 Å². The van der Waals surface area contributed by atoms with Crippen LogP contribution in [0.25, 0.3) is 10.8 Å². The van der Waals surface area contributed by atoms with Gasteiger partial charge in [-0.3, -0.25) is 4.79 Å².